The first-order valence-electron chi connectivity index (χ1n) is 11.9. The molecule has 1 saturated carbocycles. The fourth-order valence-corrected chi connectivity index (χ4v) is 5.05. The van der Waals surface area contributed by atoms with E-state index in [-0.39, 0.29) is 43.3 Å². The molecule has 5 rings (SSSR count). The second kappa shape index (κ2) is 10.3. The van der Waals surface area contributed by atoms with Crippen LogP contribution < -0.4 is 10.5 Å². The van der Waals surface area contributed by atoms with E-state index in [0.717, 1.165) is 24.0 Å². The molecule has 196 valence electrons. The lowest BCUT2D eigenvalue weighted by molar-refractivity contribution is -0.184. The summed E-state index contributed by atoms with van der Waals surface area (Å²) < 4.78 is 33.6. The van der Waals surface area contributed by atoms with Crippen LogP contribution in [0.25, 0.3) is 0 Å². The molecule has 0 spiro atoms. The summed E-state index contributed by atoms with van der Waals surface area (Å²) in [6.45, 7) is 1.01. The van der Waals surface area contributed by atoms with Gasteiger partial charge in [0.25, 0.3) is 0 Å². The number of carbonyl (C=O) groups excluding carboxylic acids is 1. The minimum atomic E-state index is -3.97. The summed E-state index contributed by atoms with van der Waals surface area (Å²) in [5.41, 5.74) is 1.33. The molecule has 1 aliphatic carbocycles. The van der Waals surface area contributed by atoms with Crippen molar-refractivity contribution in [2.45, 2.75) is 37.5 Å². The first-order valence-corrected chi connectivity index (χ1v) is 13.4. The number of hydrogen-bond donors (Lipinski definition) is 3. The van der Waals surface area contributed by atoms with Crippen LogP contribution in [0.15, 0.2) is 49.1 Å². The van der Waals surface area contributed by atoms with Gasteiger partial charge in [-0.15, -0.1) is 0 Å². The van der Waals surface area contributed by atoms with Crippen LogP contribution in [0.2, 0.25) is 0 Å². The molecule has 2 atom stereocenters. The van der Waals surface area contributed by atoms with Gasteiger partial charge in [0.1, 0.15) is 23.4 Å². The van der Waals surface area contributed by atoms with Gasteiger partial charge in [-0.1, -0.05) is 24.3 Å². The highest BCUT2D eigenvalue weighted by molar-refractivity contribution is 7.84. The highest BCUT2D eigenvalue weighted by Crippen LogP contribution is 2.30. The highest BCUT2D eigenvalue weighted by Gasteiger charge is 2.38. The molecule has 2 fully saturated rings. The molecule has 0 radical (unpaired) electrons. The van der Waals surface area contributed by atoms with E-state index >= 15 is 0 Å². The zero-order valence-corrected chi connectivity index (χ0v) is 20.8. The molecular weight excluding hydrogens is 500 g/mol. The lowest BCUT2D eigenvalue weighted by Crippen LogP contribution is -2.46. The van der Waals surface area contributed by atoms with Crippen LogP contribution >= 0.6 is 0 Å². The zero-order valence-electron chi connectivity index (χ0n) is 20.0. The maximum absolute atomic E-state index is 13.3. The minimum Gasteiger partial charge on any atom is -0.380 e. The SMILES string of the molecule is NS(=O)(=O)OC[C@@H]1CC[C@H](Nc2ncncc2C(=O)c2ccn(Cc3cccc(C4(O)COC4)c3)n2)C1. The molecular formula is C24H28N6O6S. The number of hydrogen-bond acceptors (Lipinski definition) is 10. The number of carbonyl (C=O) groups is 1. The van der Waals surface area contributed by atoms with Gasteiger partial charge in [-0.3, -0.25) is 13.7 Å². The normalized spacial score (nSPS) is 20.9. The lowest BCUT2D eigenvalue weighted by Gasteiger charge is -2.36. The maximum atomic E-state index is 13.3. The fourth-order valence-electron chi connectivity index (χ4n) is 4.67. The van der Waals surface area contributed by atoms with Gasteiger partial charge in [0.15, 0.2) is 0 Å². The fraction of sp³-hybridized carbons (Fsp3) is 0.417. The Morgan fingerprint density at radius 2 is 2.14 bits per heavy atom. The number of ether oxygens (including phenoxy) is 1. The first-order chi connectivity index (χ1) is 17.7. The monoisotopic (exact) mass is 528 g/mol. The van der Waals surface area contributed by atoms with Crippen molar-refractivity contribution in [1.29, 1.82) is 0 Å². The molecule has 13 heteroatoms. The number of aromatic nitrogens is 4. The predicted molar refractivity (Wildman–Crippen MR) is 132 cm³/mol. The summed E-state index contributed by atoms with van der Waals surface area (Å²) in [5.74, 6) is 0.114. The number of benzene rings is 1. The third kappa shape index (κ3) is 6.02. The Hall–Kier alpha value is -3.23. The van der Waals surface area contributed by atoms with Crippen molar-refractivity contribution in [3.63, 3.8) is 0 Å². The third-order valence-corrected chi connectivity index (χ3v) is 7.14. The molecule has 0 bridgehead atoms. The molecule has 3 aromatic rings. The Kier molecular flexibility index (Phi) is 7.05. The average Bonchev–Trinajstić information content (AvgIpc) is 3.50. The number of nitrogens with one attached hydrogen (secondary N) is 1. The lowest BCUT2D eigenvalue weighted by atomic mass is 9.91. The molecule has 1 aromatic carbocycles. The van der Waals surface area contributed by atoms with Crippen molar-refractivity contribution < 1.29 is 27.2 Å². The van der Waals surface area contributed by atoms with Crippen LogP contribution in [0.3, 0.4) is 0 Å². The highest BCUT2D eigenvalue weighted by atomic mass is 32.2. The van der Waals surface area contributed by atoms with Crippen LogP contribution in [-0.4, -0.2) is 64.9 Å². The van der Waals surface area contributed by atoms with Gasteiger partial charge in [0.2, 0.25) is 5.78 Å². The number of ketones is 1. The summed E-state index contributed by atoms with van der Waals surface area (Å²) in [6.07, 6.45) is 6.73. The smallest absolute Gasteiger partial charge is 0.333 e. The summed E-state index contributed by atoms with van der Waals surface area (Å²) in [6, 6.07) is 9.24. The Morgan fingerprint density at radius 1 is 1.30 bits per heavy atom. The number of anilines is 1. The zero-order chi connectivity index (χ0) is 26.0. The number of rotatable bonds is 10. The van der Waals surface area contributed by atoms with E-state index in [1.807, 2.05) is 24.3 Å². The van der Waals surface area contributed by atoms with Gasteiger partial charge in [0, 0.05) is 18.4 Å². The molecule has 2 aromatic heterocycles. The minimum absolute atomic E-state index is 0.00347. The van der Waals surface area contributed by atoms with Crippen molar-refractivity contribution in [2.75, 3.05) is 25.1 Å². The molecule has 2 aliphatic rings. The van der Waals surface area contributed by atoms with Crippen LogP contribution in [0.4, 0.5) is 5.82 Å². The number of aliphatic hydroxyl groups is 1. The Labute approximate surface area is 214 Å². The molecule has 37 heavy (non-hydrogen) atoms. The standard InChI is InChI=1S/C24H28N6O6S/c25-37(33,34)36-12-17-4-5-19(9-17)28-23-20(10-26-15-27-23)22(31)21-6-7-30(29-21)11-16-2-1-3-18(8-16)24(32)13-35-14-24/h1-3,6-8,10,15,17,19,32H,4-5,9,11-14H2,(H2,25,33,34)(H,26,27,28)/t17-,19+/m1/s1. The van der Waals surface area contributed by atoms with Gasteiger partial charge in [-0.2, -0.15) is 13.5 Å². The topological polar surface area (TPSA) is 172 Å². The summed E-state index contributed by atoms with van der Waals surface area (Å²) in [7, 11) is -3.97. The van der Waals surface area contributed by atoms with Crippen LogP contribution in [0.5, 0.6) is 0 Å². The second-order valence-electron chi connectivity index (χ2n) is 9.54. The van der Waals surface area contributed by atoms with E-state index in [1.54, 1.807) is 16.9 Å². The van der Waals surface area contributed by atoms with Gasteiger partial charge in [-0.25, -0.2) is 15.1 Å². The van der Waals surface area contributed by atoms with E-state index in [4.69, 9.17) is 14.1 Å². The van der Waals surface area contributed by atoms with Crippen LogP contribution in [0.1, 0.15) is 46.4 Å². The van der Waals surface area contributed by atoms with E-state index in [0.29, 0.717) is 24.3 Å². The van der Waals surface area contributed by atoms with Gasteiger partial charge in [0.05, 0.1) is 31.9 Å². The van der Waals surface area contributed by atoms with Gasteiger partial charge < -0.3 is 15.2 Å². The van der Waals surface area contributed by atoms with Crippen molar-refractivity contribution >= 4 is 21.9 Å². The average molecular weight is 529 g/mol. The Balaban J connectivity index is 1.24. The molecule has 12 nitrogen and oxygen atoms in total. The maximum Gasteiger partial charge on any atom is 0.333 e. The molecule has 1 saturated heterocycles. The Bertz CT molecular complexity index is 1390. The molecule has 0 amide bonds. The number of nitrogens with zero attached hydrogens (tertiary/aromatic N) is 4. The Morgan fingerprint density at radius 3 is 2.89 bits per heavy atom. The molecule has 0 unspecified atom stereocenters. The van der Waals surface area contributed by atoms with E-state index in [1.165, 1.54) is 12.5 Å². The summed E-state index contributed by atoms with van der Waals surface area (Å²) in [4.78, 5) is 21.6. The van der Waals surface area contributed by atoms with Crippen molar-refractivity contribution in [2.24, 2.45) is 11.1 Å². The van der Waals surface area contributed by atoms with Gasteiger partial charge >= 0.3 is 10.3 Å². The number of nitrogens with two attached hydrogens (primary N) is 1. The van der Waals surface area contributed by atoms with E-state index in [2.05, 4.69) is 20.4 Å². The van der Waals surface area contributed by atoms with E-state index in [9.17, 15) is 18.3 Å². The van der Waals surface area contributed by atoms with Crippen molar-refractivity contribution in [3.05, 3.63) is 71.4 Å². The molecule has 3 heterocycles. The van der Waals surface area contributed by atoms with Gasteiger partial charge in [-0.05, 0) is 42.4 Å². The van der Waals surface area contributed by atoms with Crippen LogP contribution in [0, 0.1) is 5.92 Å². The summed E-state index contributed by atoms with van der Waals surface area (Å²) in [5, 5.41) is 23.2. The predicted octanol–water partition coefficient (Wildman–Crippen LogP) is 0.971. The quantitative estimate of drug-likeness (QED) is 0.322. The van der Waals surface area contributed by atoms with Crippen LogP contribution in [-0.2, 0) is 31.4 Å². The molecule has 4 N–H and O–H groups in total. The summed E-state index contributed by atoms with van der Waals surface area (Å²) >= 11 is 0. The first kappa shape index (κ1) is 25.4. The second-order valence-corrected chi connectivity index (χ2v) is 10.8. The van der Waals surface area contributed by atoms with E-state index < -0.39 is 15.9 Å². The third-order valence-electron chi connectivity index (χ3n) is 6.67. The van der Waals surface area contributed by atoms with Crippen molar-refractivity contribution in [3.8, 4) is 0 Å². The largest absolute Gasteiger partial charge is 0.380 e. The molecule has 1 aliphatic heterocycles. The van der Waals surface area contributed by atoms with Crippen molar-refractivity contribution in [1.82, 2.24) is 19.7 Å².